The number of unbranched alkanes of at least 4 members (excludes halogenated alkanes) is 18. The first-order chi connectivity index (χ1) is 32.6. The van der Waals surface area contributed by atoms with Crippen LogP contribution in [0.25, 0.3) is 42.1 Å². The molecule has 0 fully saturated rings. The minimum Gasteiger partial charge on any atom is -0.476 e. The number of halogens is 2. The Bertz CT molecular complexity index is 2240. The summed E-state index contributed by atoms with van der Waals surface area (Å²) in [6.45, 7) is 8.34. The lowest BCUT2D eigenvalue weighted by atomic mass is 10.1. The van der Waals surface area contributed by atoms with Crippen molar-refractivity contribution in [3.8, 4) is 41.4 Å². The predicted molar refractivity (Wildman–Crippen MR) is 277 cm³/mol. The second-order valence-electron chi connectivity index (χ2n) is 17.4. The topological polar surface area (TPSA) is 71.1 Å². The van der Waals surface area contributed by atoms with Gasteiger partial charge in [-0.3, -0.25) is 0 Å². The van der Waals surface area contributed by atoms with Crippen molar-refractivity contribution in [3.05, 3.63) is 94.9 Å². The van der Waals surface area contributed by atoms with E-state index < -0.39 is 35.8 Å². The molecule has 2 atom stereocenters. The van der Waals surface area contributed by atoms with E-state index in [1.54, 1.807) is 66.1 Å². The van der Waals surface area contributed by atoms with Gasteiger partial charge in [0.2, 0.25) is 0 Å². The third-order valence-electron chi connectivity index (χ3n) is 11.7. The van der Waals surface area contributed by atoms with Crippen molar-refractivity contribution in [3.63, 3.8) is 0 Å². The Labute approximate surface area is 411 Å². The summed E-state index contributed by atoms with van der Waals surface area (Å²) >= 11 is 4.92. The summed E-state index contributed by atoms with van der Waals surface area (Å²) < 4.78 is 52.4. The summed E-state index contributed by atoms with van der Waals surface area (Å²) in [5.74, 6) is -2.01. The SMILES string of the molecule is CCCCCCCCCCCCOC(=O)[C@H](C)Oc1ccc(/C=C/c2ccc(-c3ccc(-c4ccc(-c5ccc(O[C@H](C)C(=O)OCCCCCCCCCCCC)c(F)c5)s4)s3)s2)cc1F. The second-order valence-corrected chi connectivity index (χ2v) is 20.7. The van der Waals surface area contributed by atoms with Gasteiger partial charge in [0.1, 0.15) is 0 Å². The second kappa shape index (κ2) is 30.2. The monoisotopic (exact) mass is 974 g/mol. The molecule has 0 saturated heterocycles. The van der Waals surface area contributed by atoms with E-state index in [1.165, 1.54) is 102 Å². The van der Waals surface area contributed by atoms with Crippen LogP contribution in [0.5, 0.6) is 11.5 Å². The molecule has 0 bridgehead atoms. The maximum Gasteiger partial charge on any atom is 0.347 e. The lowest BCUT2D eigenvalue weighted by Crippen LogP contribution is -2.26. The Morgan fingerprint density at radius 1 is 0.478 bits per heavy atom. The molecule has 0 N–H and O–H groups in total. The van der Waals surface area contributed by atoms with Gasteiger partial charge in [0, 0.05) is 29.3 Å². The Hall–Kier alpha value is -4.32. The van der Waals surface area contributed by atoms with Crippen LogP contribution in [0.15, 0.2) is 72.8 Å². The summed E-state index contributed by atoms with van der Waals surface area (Å²) in [5.41, 5.74) is 1.41. The fourth-order valence-electron chi connectivity index (χ4n) is 7.68. The molecular formula is C56H72F2O6S3. The van der Waals surface area contributed by atoms with E-state index in [1.807, 2.05) is 30.4 Å². The van der Waals surface area contributed by atoms with Crippen LogP contribution >= 0.6 is 34.0 Å². The minimum atomic E-state index is -0.915. The van der Waals surface area contributed by atoms with Crippen molar-refractivity contribution in [2.24, 2.45) is 0 Å². The van der Waals surface area contributed by atoms with Crippen molar-refractivity contribution >= 4 is 58.1 Å². The first kappa shape index (κ1) is 53.6. The molecule has 67 heavy (non-hydrogen) atoms. The van der Waals surface area contributed by atoms with Crippen LogP contribution in [0.3, 0.4) is 0 Å². The van der Waals surface area contributed by atoms with Crippen LogP contribution in [-0.4, -0.2) is 37.4 Å². The third-order valence-corrected chi connectivity index (χ3v) is 15.4. The Balaban J connectivity index is 1.02. The first-order valence-electron chi connectivity index (χ1n) is 24.9. The number of rotatable bonds is 33. The molecule has 11 heteroatoms. The van der Waals surface area contributed by atoms with Gasteiger partial charge in [0.25, 0.3) is 0 Å². The molecule has 0 radical (unpaired) electrons. The number of hydrogen-bond acceptors (Lipinski definition) is 9. The first-order valence-corrected chi connectivity index (χ1v) is 27.3. The molecule has 0 aliphatic rings. The average Bonchev–Trinajstić information content (AvgIpc) is 4.13. The summed E-state index contributed by atoms with van der Waals surface area (Å²) in [5, 5.41) is 0. The summed E-state index contributed by atoms with van der Waals surface area (Å²) in [4.78, 5) is 31.4. The summed E-state index contributed by atoms with van der Waals surface area (Å²) in [6.07, 6.45) is 26.1. The van der Waals surface area contributed by atoms with Gasteiger partial charge in [0.15, 0.2) is 35.3 Å². The molecule has 0 aliphatic heterocycles. The lowest BCUT2D eigenvalue weighted by molar-refractivity contribution is -0.152. The van der Waals surface area contributed by atoms with E-state index in [0.717, 1.165) is 73.4 Å². The molecular weight excluding hydrogens is 903 g/mol. The van der Waals surface area contributed by atoms with Gasteiger partial charge in [-0.05, 0) is 111 Å². The van der Waals surface area contributed by atoms with Crippen LogP contribution in [0.1, 0.15) is 167 Å². The van der Waals surface area contributed by atoms with Crippen LogP contribution in [0.2, 0.25) is 0 Å². The van der Waals surface area contributed by atoms with Gasteiger partial charge in [-0.15, -0.1) is 34.0 Å². The van der Waals surface area contributed by atoms with Gasteiger partial charge in [-0.2, -0.15) is 0 Å². The van der Waals surface area contributed by atoms with Gasteiger partial charge < -0.3 is 18.9 Å². The largest absolute Gasteiger partial charge is 0.476 e. The van der Waals surface area contributed by atoms with Crippen molar-refractivity contribution in [1.29, 1.82) is 0 Å². The fourth-order valence-corrected chi connectivity index (χ4v) is 10.8. The van der Waals surface area contributed by atoms with Crippen LogP contribution in [-0.2, 0) is 19.1 Å². The maximum absolute atomic E-state index is 15.3. The molecule has 0 saturated carbocycles. The highest BCUT2D eigenvalue weighted by atomic mass is 32.1. The predicted octanol–water partition coefficient (Wildman–Crippen LogP) is 17.8. The van der Waals surface area contributed by atoms with E-state index in [2.05, 4.69) is 38.1 Å². The molecule has 0 spiro atoms. The number of benzene rings is 2. The minimum absolute atomic E-state index is 0.0138. The number of thiophene rings is 3. The summed E-state index contributed by atoms with van der Waals surface area (Å²) in [6, 6.07) is 21.9. The molecule has 3 heterocycles. The Morgan fingerprint density at radius 3 is 1.36 bits per heavy atom. The molecule has 364 valence electrons. The average molecular weight is 975 g/mol. The van der Waals surface area contributed by atoms with Gasteiger partial charge in [-0.25, -0.2) is 18.4 Å². The number of carbonyl (C=O) groups excluding carboxylic acids is 2. The number of ether oxygens (including phenoxy) is 4. The zero-order chi connectivity index (χ0) is 47.6. The van der Waals surface area contributed by atoms with Crippen LogP contribution in [0, 0.1) is 11.6 Å². The standard InChI is InChI=1S/C56H72F2O6S3/c1-5-7-9-11-13-15-17-19-21-23-37-61-55(59)41(3)63-48-30-26-43(39-46(48)57)25-28-45-29-32-51(65-45)52-35-36-54(67-52)53-34-33-50(66-53)44-27-31-49(47(58)40-44)64-42(4)56(60)62-38-24-22-20-18-16-14-12-10-8-6-2/h25-36,39-42H,5-24,37-38H2,1-4H3/b28-25+/t41-,42+/m0/s1. The van der Waals surface area contributed by atoms with Crippen molar-refractivity contribution in [2.75, 3.05) is 13.2 Å². The van der Waals surface area contributed by atoms with Crippen LogP contribution in [0.4, 0.5) is 8.78 Å². The number of carbonyl (C=O) groups is 2. The highest BCUT2D eigenvalue weighted by Crippen LogP contribution is 2.42. The molecule has 0 aliphatic carbocycles. The highest BCUT2D eigenvalue weighted by molar-refractivity contribution is 7.27. The third kappa shape index (κ3) is 18.9. The van der Waals surface area contributed by atoms with E-state index in [4.69, 9.17) is 18.9 Å². The van der Waals surface area contributed by atoms with Crippen molar-refractivity contribution < 1.29 is 37.3 Å². The number of esters is 2. The molecule has 5 aromatic rings. The van der Waals surface area contributed by atoms with Crippen LogP contribution < -0.4 is 9.47 Å². The van der Waals surface area contributed by atoms with Gasteiger partial charge >= 0.3 is 11.9 Å². The van der Waals surface area contributed by atoms with E-state index in [9.17, 15) is 9.59 Å². The molecule has 5 rings (SSSR count). The van der Waals surface area contributed by atoms with Crippen molar-refractivity contribution in [2.45, 2.75) is 168 Å². The fraction of sp³-hybridized carbons (Fsp3) is 0.500. The normalized spacial score (nSPS) is 12.4. The Morgan fingerprint density at radius 2 is 0.881 bits per heavy atom. The van der Waals surface area contributed by atoms with Gasteiger partial charge in [-0.1, -0.05) is 142 Å². The molecule has 0 unspecified atom stereocenters. The summed E-state index contributed by atoms with van der Waals surface area (Å²) in [7, 11) is 0. The quantitative estimate of drug-likeness (QED) is 0.0308. The highest BCUT2D eigenvalue weighted by Gasteiger charge is 2.20. The molecule has 6 nitrogen and oxygen atoms in total. The lowest BCUT2D eigenvalue weighted by Gasteiger charge is -2.15. The molecule has 2 aromatic carbocycles. The van der Waals surface area contributed by atoms with E-state index in [-0.39, 0.29) is 11.5 Å². The maximum atomic E-state index is 15.3. The van der Waals surface area contributed by atoms with Gasteiger partial charge in [0.05, 0.1) is 13.2 Å². The van der Waals surface area contributed by atoms with Crippen molar-refractivity contribution in [1.82, 2.24) is 0 Å². The molecule has 0 amide bonds. The zero-order valence-electron chi connectivity index (χ0n) is 40.2. The number of hydrogen-bond donors (Lipinski definition) is 0. The smallest absolute Gasteiger partial charge is 0.347 e. The zero-order valence-corrected chi connectivity index (χ0v) is 42.7. The van der Waals surface area contributed by atoms with E-state index in [0.29, 0.717) is 18.8 Å². The Kier molecular flexibility index (Phi) is 24.2. The molecule has 3 aromatic heterocycles. The van der Waals surface area contributed by atoms with E-state index >= 15 is 8.78 Å².